The maximum Gasteiger partial charge on any atom is 0.407 e. The standard InChI is InChI=1S/C11H20N2O3/c1-2-8-6-13(4-3-10(8)14)7-9-5-12-11(15)16-9/h8-10,14H,2-7H2,1H3,(H,12,15). The number of nitrogens with one attached hydrogen (secondary N) is 1. The highest BCUT2D eigenvalue weighted by atomic mass is 16.6. The van der Waals surface area contributed by atoms with Crippen molar-refractivity contribution in [3.05, 3.63) is 0 Å². The molecule has 92 valence electrons. The predicted molar refractivity (Wildman–Crippen MR) is 59.1 cm³/mol. The first-order valence-electron chi connectivity index (χ1n) is 6.04. The molecule has 1 amide bonds. The van der Waals surface area contributed by atoms with Crippen LogP contribution < -0.4 is 5.32 Å². The third-order valence-corrected chi connectivity index (χ3v) is 3.51. The zero-order valence-corrected chi connectivity index (χ0v) is 9.69. The van der Waals surface area contributed by atoms with Gasteiger partial charge < -0.3 is 15.2 Å². The summed E-state index contributed by atoms with van der Waals surface area (Å²) in [7, 11) is 0. The Bertz CT molecular complexity index is 260. The van der Waals surface area contributed by atoms with Gasteiger partial charge in [0.15, 0.2) is 0 Å². The van der Waals surface area contributed by atoms with Crippen molar-refractivity contribution in [3.63, 3.8) is 0 Å². The number of rotatable bonds is 3. The monoisotopic (exact) mass is 228 g/mol. The molecule has 0 aromatic rings. The fourth-order valence-electron chi connectivity index (χ4n) is 2.48. The molecule has 0 spiro atoms. The van der Waals surface area contributed by atoms with Crippen LogP contribution in [-0.2, 0) is 4.74 Å². The number of aliphatic hydroxyl groups excluding tert-OH is 1. The van der Waals surface area contributed by atoms with Gasteiger partial charge in [-0.25, -0.2) is 4.79 Å². The lowest BCUT2D eigenvalue weighted by molar-refractivity contribution is 0.0104. The summed E-state index contributed by atoms with van der Waals surface area (Å²) in [6.45, 7) is 5.29. The highest BCUT2D eigenvalue weighted by Gasteiger charge is 2.30. The average molecular weight is 228 g/mol. The second kappa shape index (κ2) is 5.01. The van der Waals surface area contributed by atoms with Gasteiger partial charge in [0.2, 0.25) is 0 Å². The van der Waals surface area contributed by atoms with Crippen molar-refractivity contribution in [2.24, 2.45) is 5.92 Å². The van der Waals surface area contributed by atoms with E-state index in [1.54, 1.807) is 0 Å². The summed E-state index contributed by atoms with van der Waals surface area (Å²) in [4.78, 5) is 13.2. The zero-order chi connectivity index (χ0) is 11.5. The Hall–Kier alpha value is -0.810. The van der Waals surface area contributed by atoms with E-state index in [1.165, 1.54) is 0 Å². The average Bonchev–Trinajstić information content (AvgIpc) is 2.67. The molecule has 2 heterocycles. The Morgan fingerprint density at radius 2 is 2.44 bits per heavy atom. The first-order valence-corrected chi connectivity index (χ1v) is 6.04. The molecule has 0 aromatic heterocycles. The molecule has 0 bridgehead atoms. The van der Waals surface area contributed by atoms with E-state index in [9.17, 15) is 9.90 Å². The normalized spacial score (nSPS) is 35.9. The van der Waals surface area contributed by atoms with E-state index in [0.29, 0.717) is 12.5 Å². The van der Waals surface area contributed by atoms with Gasteiger partial charge in [-0.1, -0.05) is 6.92 Å². The van der Waals surface area contributed by atoms with Crippen molar-refractivity contribution >= 4 is 6.09 Å². The lowest BCUT2D eigenvalue weighted by atomic mass is 9.92. The van der Waals surface area contributed by atoms with Crippen molar-refractivity contribution in [2.75, 3.05) is 26.2 Å². The summed E-state index contributed by atoms with van der Waals surface area (Å²) in [5.74, 6) is 0.360. The van der Waals surface area contributed by atoms with Crippen LogP contribution in [-0.4, -0.2) is 54.5 Å². The first kappa shape index (κ1) is 11.7. The van der Waals surface area contributed by atoms with Crippen molar-refractivity contribution in [1.29, 1.82) is 0 Å². The molecule has 2 fully saturated rings. The molecule has 2 aliphatic rings. The van der Waals surface area contributed by atoms with Gasteiger partial charge in [0.25, 0.3) is 0 Å². The molecular formula is C11H20N2O3. The van der Waals surface area contributed by atoms with Gasteiger partial charge in [0.05, 0.1) is 12.6 Å². The molecule has 2 saturated heterocycles. The van der Waals surface area contributed by atoms with Crippen LogP contribution >= 0.6 is 0 Å². The number of cyclic esters (lactones) is 1. The van der Waals surface area contributed by atoms with Crippen LogP contribution in [0.3, 0.4) is 0 Å². The summed E-state index contributed by atoms with van der Waals surface area (Å²) in [5.41, 5.74) is 0. The number of hydrogen-bond donors (Lipinski definition) is 2. The Morgan fingerprint density at radius 1 is 1.62 bits per heavy atom. The van der Waals surface area contributed by atoms with Crippen molar-refractivity contribution in [1.82, 2.24) is 10.2 Å². The summed E-state index contributed by atoms with van der Waals surface area (Å²) >= 11 is 0. The number of amides is 1. The van der Waals surface area contributed by atoms with E-state index in [-0.39, 0.29) is 18.3 Å². The number of hydrogen-bond acceptors (Lipinski definition) is 4. The summed E-state index contributed by atoms with van der Waals surface area (Å²) in [6, 6.07) is 0. The second-order valence-electron chi connectivity index (χ2n) is 4.69. The number of likely N-dealkylation sites (tertiary alicyclic amines) is 1. The molecule has 16 heavy (non-hydrogen) atoms. The van der Waals surface area contributed by atoms with E-state index < -0.39 is 0 Å². The number of aliphatic hydroxyl groups is 1. The molecule has 3 unspecified atom stereocenters. The molecule has 3 atom stereocenters. The topological polar surface area (TPSA) is 61.8 Å². The van der Waals surface area contributed by atoms with Crippen molar-refractivity contribution in [2.45, 2.75) is 32.0 Å². The molecule has 5 heteroatoms. The van der Waals surface area contributed by atoms with Gasteiger partial charge in [-0.05, 0) is 18.8 Å². The summed E-state index contributed by atoms with van der Waals surface area (Å²) in [5, 5.41) is 12.4. The third-order valence-electron chi connectivity index (χ3n) is 3.51. The van der Waals surface area contributed by atoms with Gasteiger partial charge >= 0.3 is 6.09 Å². The molecule has 2 rings (SSSR count). The minimum absolute atomic E-state index is 0.0275. The van der Waals surface area contributed by atoms with Crippen LogP contribution in [0.15, 0.2) is 0 Å². The molecule has 2 aliphatic heterocycles. The number of nitrogens with zero attached hydrogens (tertiary/aromatic N) is 1. The largest absolute Gasteiger partial charge is 0.443 e. The minimum Gasteiger partial charge on any atom is -0.443 e. The van der Waals surface area contributed by atoms with Gasteiger partial charge in [-0.2, -0.15) is 0 Å². The van der Waals surface area contributed by atoms with E-state index in [0.717, 1.165) is 32.5 Å². The molecule has 0 aliphatic carbocycles. The highest BCUT2D eigenvalue weighted by Crippen LogP contribution is 2.20. The predicted octanol–water partition coefficient (Wildman–Crippen LogP) is 0.188. The lowest BCUT2D eigenvalue weighted by Crippen LogP contribution is -2.46. The summed E-state index contributed by atoms with van der Waals surface area (Å²) in [6.07, 6.45) is 1.33. The third kappa shape index (κ3) is 2.65. The molecular weight excluding hydrogens is 208 g/mol. The fourth-order valence-corrected chi connectivity index (χ4v) is 2.48. The number of ether oxygens (including phenoxy) is 1. The fraction of sp³-hybridized carbons (Fsp3) is 0.909. The Balaban J connectivity index is 1.80. The number of carbonyl (C=O) groups is 1. The SMILES string of the molecule is CCC1CN(CC2CNC(=O)O2)CCC1O. The lowest BCUT2D eigenvalue weighted by Gasteiger charge is -2.36. The quantitative estimate of drug-likeness (QED) is 0.724. The molecule has 0 saturated carbocycles. The van der Waals surface area contributed by atoms with Crippen molar-refractivity contribution < 1.29 is 14.6 Å². The molecule has 2 N–H and O–H groups in total. The van der Waals surface area contributed by atoms with Crippen LogP contribution in [0, 0.1) is 5.92 Å². The van der Waals surface area contributed by atoms with Gasteiger partial charge in [-0.3, -0.25) is 4.90 Å². The number of carbonyl (C=O) groups excluding carboxylic acids is 1. The van der Waals surface area contributed by atoms with Crippen LogP contribution in [0.25, 0.3) is 0 Å². The van der Waals surface area contributed by atoms with Crippen LogP contribution in [0.5, 0.6) is 0 Å². The van der Waals surface area contributed by atoms with Crippen LogP contribution in [0.2, 0.25) is 0 Å². The van der Waals surface area contributed by atoms with E-state index in [1.807, 2.05) is 0 Å². The molecule has 0 radical (unpaired) electrons. The maximum atomic E-state index is 10.9. The van der Waals surface area contributed by atoms with E-state index in [2.05, 4.69) is 17.1 Å². The Morgan fingerprint density at radius 3 is 3.06 bits per heavy atom. The first-order chi connectivity index (χ1) is 7.69. The molecule has 5 nitrogen and oxygen atoms in total. The highest BCUT2D eigenvalue weighted by molar-refractivity contribution is 5.69. The number of alkyl carbamates (subject to hydrolysis) is 1. The second-order valence-corrected chi connectivity index (χ2v) is 4.69. The van der Waals surface area contributed by atoms with Crippen molar-refractivity contribution in [3.8, 4) is 0 Å². The minimum atomic E-state index is -0.311. The zero-order valence-electron chi connectivity index (χ0n) is 9.69. The van der Waals surface area contributed by atoms with Crippen LogP contribution in [0.1, 0.15) is 19.8 Å². The van der Waals surface area contributed by atoms with Gasteiger partial charge in [0, 0.05) is 19.6 Å². The maximum absolute atomic E-state index is 10.9. The number of piperidine rings is 1. The Labute approximate surface area is 95.8 Å². The van der Waals surface area contributed by atoms with E-state index in [4.69, 9.17) is 4.74 Å². The van der Waals surface area contributed by atoms with Gasteiger partial charge in [-0.15, -0.1) is 0 Å². The van der Waals surface area contributed by atoms with Gasteiger partial charge in [0.1, 0.15) is 6.10 Å². The van der Waals surface area contributed by atoms with E-state index >= 15 is 0 Å². The summed E-state index contributed by atoms with van der Waals surface area (Å²) < 4.78 is 5.11. The Kier molecular flexibility index (Phi) is 3.66. The smallest absolute Gasteiger partial charge is 0.407 e. The van der Waals surface area contributed by atoms with Crippen LogP contribution in [0.4, 0.5) is 4.79 Å². The molecule has 0 aromatic carbocycles.